The van der Waals surface area contributed by atoms with Crippen molar-refractivity contribution in [3.05, 3.63) is 57.6 Å². The average molecular weight is 817 g/mol. The molecule has 2 heterocycles. The summed E-state index contributed by atoms with van der Waals surface area (Å²) in [7, 11) is 0. The Morgan fingerprint density at radius 1 is 0.424 bits per heavy atom. The topological polar surface area (TPSA) is 43.5 Å². The Kier molecular flexibility index (Phi) is 17.6. The van der Waals surface area contributed by atoms with Gasteiger partial charge in [-0.15, -0.1) is 0 Å². The molecule has 0 radical (unpaired) electrons. The molecule has 4 heteroatoms. The lowest BCUT2D eigenvalue weighted by atomic mass is 9.67. The molecule has 0 N–H and O–H groups in total. The van der Waals surface area contributed by atoms with E-state index < -0.39 is 0 Å². The van der Waals surface area contributed by atoms with E-state index in [1.54, 1.807) is 0 Å². The zero-order valence-corrected chi connectivity index (χ0v) is 41.5. The SMILES string of the molecule is CCCCCC(C)(C)c1cc(C(C)(C)c2cc(C(C)(C)CCCCC)c(OCC3OC3C)c(C(C)(C)CCCCC)c2)cc(C(C)(C)CCCCC)c1OCC1OC1C. The lowest BCUT2D eigenvalue weighted by Gasteiger charge is -2.39. The molecule has 2 fully saturated rings. The maximum absolute atomic E-state index is 7.07. The van der Waals surface area contributed by atoms with E-state index in [-0.39, 0.29) is 51.5 Å². The van der Waals surface area contributed by atoms with Crippen molar-refractivity contribution >= 4 is 0 Å². The van der Waals surface area contributed by atoms with Gasteiger partial charge in [0.25, 0.3) is 0 Å². The molecule has 0 aromatic heterocycles. The summed E-state index contributed by atoms with van der Waals surface area (Å²) in [4.78, 5) is 0. The third-order valence-corrected chi connectivity index (χ3v) is 14.6. The number of hydrogen-bond acceptors (Lipinski definition) is 4. The number of benzene rings is 2. The van der Waals surface area contributed by atoms with Gasteiger partial charge in [0.2, 0.25) is 0 Å². The quantitative estimate of drug-likeness (QED) is 0.0634. The molecule has 4 unspecified atom stereocenters. The summed E-state index contributed by atoms with van der Waals surface area (Å²) < 4.78 is 26.0. The maximum atomic E-state index is 7.07. The van der Waals surface area contributed by atoms with Crippen LogP contribution in [0.25, 0.3) is 0 Å². The fraction of sp³-hybridized carbons (Fsp3) is 0.782. The van der Waals surface area contributed by atoms with Gasteiger partial charge in [0.15, 0.2) is 0 Å². The molecule has 2 aliphatic heterocycles. The van der Waals surface area contributed by atoms with Gasteiger partial charge >= 0.3 is 0 Å². The Hall–Kier alpha value is -2.04. The molecule has 2 aromatic rings. The van der Waals surface area contributed by atoms with Crippen LogP contribution in [-0.2, 0) is 36.5 Å². The molecule has 59 heavy (non-hydrogen) atoms. The van der Waals surface area contributed by atoms with E-state index in [1.165, 1.54) is 110 Å². The fourth-order valence-corrected chi connectivity index (χ4v) is 9.42. The molecule has 2 saturated heterocycles. The molecule has 4 rings (SSSR count). The van der Waals surface area contributed by atoms with Gasteiger partial charge in [-0.1, -0.05) is 198 Å². The first kappa shape index (κ1) is 49.6. The van der Waals surface area contributed by atoms with Gasteiger partial charge in [0.1, 0.15) is 36.9 Å². The van der Waals surface area contributed by atoms with Gasteiger partial charge in [0, 0.05) is 27.7 Å². The van der Waals surface area contributed by atoms with Crippen LogP contribution >= 0.6 is 0 Å². The van der Waals surface area contributed by atoms with Crippen LogP contribution in [0.2, 0.25) is 0 Å². The van der Waals surface area contributed by atoms with Crippen molar-refractivity contribution in [2.45, 2.75) is 265 Å². The lowest BCUT2D eigenvalue weighted by Crippen LogP contribution is -2.30. The van der Waals surface area contributed by atoms with E-state index in [9.17, 15) is 0 Å². The third kappa shape index (κ3) is 13.0. The van der Waals surface area contributed by atoms with Crippen LogP contribution in [0.1, 0.15) is 247 Å². The van der Waals surface area contributed by atoms with Crippen molar-refractivity contribution in [1.82, 2.24) is 0 Å². The van der Waals surface area contributed by atoms with Crippen LogP contribution in [-0.4, -0.2) is 37.6 Å². The summed E-state index contributed by atoms with van der Waals surface area (Å²) in [6.45, 7) is 39.5. The maximum Gasteiger partial charge on any atom is 0.126 e. The van der Waals surface area contributed by atoms with Crippen molar-refractivity contribution in [2.75, 3.05) is 13.2 Å². The van der Waals surface area contributed by atoms with Crippen LogP contribution in [0.15, 0.2) is 24.3 Å². The summed E-state index contributed by atoms with van der Waals surface area (Å²) in [6.07, 6.45) is 20.2. The molecule has 2 aliphatic rings. The number of epoxide rings is 2. The lowest BCUT2D eigenvalue weighted by molar-refractivity contribution is 0.247. The molecular weight excluding hydrogens is 725 g/mol. The molecule has 0 bridgehead atoms. The van der Waals surface area contributed by atoms with Crippen molar-refractivity contribution < 1.29 is 18.9 Å². The Morgan fingerprint density at radius 2 is 0.661 bits per heavy atom. The van der Waals surface area contributed by atoms with E-state index >= 15 is 0 Å². The monoisotopic (exact) mass is 817 g/mol. The Labute approximate surface area is 365 Å². The van der Waals surface area contributed by atoms with E-state index in [1.807, 2.05) is 0 Å². The van der Waals surface area contributed by atoms with Crippen LogP contribution < -0.4 is 9.47 Å². The second-order valence-electron chi connectivity index (χ2n) is 22.2. The molecule has 336 valence electrons. The number of rotatable bonds is 28. The number of unbranched alkanes of at least 4 members (excludes halogenated alkanes) is 8. The number of hydrogen-bond donors (Lipinski definition) is 0. The standard InChI is InChI=1S/C55H92O4/c1-17-21-25-29-51(7,8)43-33-41(34-44(52(9,10)30-26-22-18-2)49(43)56-37-47-39(5)58-47)55(15,16)42-35-45(53(11,12)31-27-23-19-3)50(57-38-48-40(6)59-48)46(36-42)54(13,14)32-28-24-20-4/h33-36,39-40,47-48H,17-32,37-38H2,1-16H3. The third-order valence-electron chi connectivity index (χ3n) is 14.6. The largest absolute Gasteiger partial charge is 0.490 e. The minimum absolute atomic E-state index is 0.0561. The first-order valence-corrected chi connectivity index (χ1v) is 24.6. The van der Waals surface area contributed by atoms with Crippen LogP contribution in [0.5, 0.6) is 11.5 Å². The Bertz CT molecular complexity index is 1410. The zero-order valence-electron chi connectivity index (χ0n) is 41.5. The van der Waals surface area contributed by atoms with E-state index in [0.29, 0.717) is 13.2 Å². The number of ether oxygens (including phenoxy) is 4. The molecular formula is C55H92O4. The molecule has 2 aromatic carbocycles. The van der Waals surface area contributed by atoms with Crippen LogP contribution in [0, 0.1) is 0 Å². The molecule has 0 saturated carbocycles. The van der Waals surface area contributed by atoms with Gasteiger partial charge in [0.05, 0.1) is 12.2 Å². The summed E-state index contributed by atoms with van der Waals surface area (Å²) in [6, 6.07) is 10.3. The van der Waals surface area contributed by atoms with Crippen molar-refractivity contribution in [1.29, 1.82) is 0 Å². The predicted octanol–water partition coefficient (Wildman–Crippen LogP) is 15.8. The normalized spacial score (nSPS) is 19.9. The first-order valence-electron chi connectivity index (χ1n) is 24.6. The second kappa shape index (κ2) is 20.9. The Balaban J connectivity index is 2.02. The molecule has 0 amide bonds. The van der Waals surface area contributed by atoms with Crippen molar-refractivity contribution in [3.8, 4) is 11.5 Å². The highest BCUT2D eigenvalue weighted by atomic mass is 16.6. The van der Waals surface area contributed by atoms with E-state index in [4.69, 9.17) is 18.9 Å². The second-order valence-corrected chi connectivity index (χ2v) is 22.2. The van der Waals surface area contributed by atoms with E-state index in [2.05, 4.69) is 135 Å². The van der Waals surface area contributed by atoms with Gasteiger partial charge in [-0.25, -0.2) is 0 Å². The minimum Gasteiger partial charge on any atom is -0.490 e. The first-order chi connectivity index (χ1) is 27.7. The fourth-order valence-electron chi connectivity index (χ4n) is 9.42. The van der Waals surface area contributed by atoms with Gasteiger partial charge in [-0.05, 0) is 72.3 Å². The predicted molar refractivity (Wildman–Crippen MR) is 253 cm³/mol. The van der Waals surface area contributed by atoms with Gasteiger partial charge in [-0.2, -0.15) is 0 Å². The molecule has 4 nitrogen and oxygen atoms in total. The zero-order chi connectivity index (χ0) is 43.8. The smallest absolute Gasteiger partial charge is 0.126 e. The molecule has 0 spiro atoms. The van der Waals surface area contributed by atoms with Crippen molar-refractivity contribution in [2.24, 2.45) is 0 Å². The summed E-state index contributed by atoms with van der Waals surface area (Å²) in [5, 5.41) is 0. The molecule has 0 aliphatic carbocycles. The summed E-state index contributed by atoms with van der Waals surface area (Å²) >= 11 is 0. The molecule has 4 atom stereocenters. The van der Waals surface area contributed by atoms with Crippen LogP contribution in [0.3, 0.4) is 0 Å². The summed E-state index contributed by atoms with van der Waals surface area (Å²) in [5.41, 5.74) is 7.72. The van der Waals surface area contributed by atoms with Crippen molar-refractivity contribution in [3.63, 3.8) is 0 Å². The highest BCUT2D eigenvalue weighted by Crippen LogP contribution is 2.51. The van der Waals surface area contributed by atoms with Gasteiger partial charge < -0.3 is 18.9 Å². The van der Waals surface area contributed by atoms with Crippen LogP contribution in [0.4, 0.5) is 0 Å². The van der Waals surface area contributed by atoms with E-state index in [0.717, 1.165) is 37.2 Å². The highest BCUT2D eigenvalue weighted by Gasteiger charge is 2.41. The average Bonchev–Trinajstić information content (AvgIpc) is 4.08. The Morgan fingerprint density at radius 3 is 0.864 bits per heavy atom. The minimum atomic E-state index is -0.287. The summed E-state index contributed by atoms with van der Waals surface area (Å²) in [5.74, 6) is 2.23. The highest BCUT2D eigenvalue weighted by molar-refractivity contribution is 5.58. The van der Waals surface area contributed by atoms with Gasteiger partial charge in [-0.3, -0.25) is 0 Å².